The predicted molar refractivity (Wildman–Crippen MR) is 181 cm³/mol. The lowest BCUT2D eigenvalue weighted by Gasteiger charge is -2.17. The molecule has 2 heterocycles. The lowest BCUT2D eigenvalue weighted by Crippen LogP contribution is -2.12. The summed E-state index contributed by atoms with van der Waals surface area (Å²) in [6.07, 6.45) is 11.5. The van der Waals surface area contributed by atoms with Crippen LogP contribution in [-0.4, -0.2) is 21.9 Å². The van der Waals surface area contributed by atoms with Crippen molar-refractivity contribution in [1.82, 2.24) is 9.97 Å². The van der Waals surface area contributed by atoms with Gasteiger partial charge >= 0.3 is 11.9 Å². The molecular formula is C38H36N4O4. The van der Waals surface area contributed by atoms with Crippen LogP contribution in [0, 0.1) is 0 Å². The van der Waals surface area contributed by atoms with E-state index in [4.69, 9.17) is 19.6 Å². The number of nitrogens with one attached hydrogen (secondary N) is 2. The van der Waals surface area contributed by atoms with E-state index in [0.717, 1.165) is 84.6 Å². The van der Waals surface area contributed by atoms with Gasteiger partial charge in [0.15, 0.2) is 0 Å². The van der Waals surface area contributed by atoms with Gasteiger partial charge in [-0.2, -0.15) is 0 Å². The number of rotatable bonds is 10. The highest BCUT2D eigenvalue weighted by atomic mass is 16.7. The minimum Gasteiger partial charge on any atom is -0.339 e. The molecule has 232 valence electrons. The van der Waals surface area contributed by atoms with Crippen molar-refractivity contribution >= 4 is 46.6 Å². The average Bonchev–Trinajstić information content (AvgIpc) is 3.11. The lowest BCUT2D eigenvalue weighted by atomic mass is 9.90. The van der Waals surface area contributed by atoms with Crippen LogP contribution in [0.1, 0.15) is 71.7 Å². The fourth-order valence-corrected chi connectivity index (χ4v) is 5.67. The van der Waals surface area contributed by atoms with E-state index in [1.165, 1.54) is 22.3 Å². The number of hydrogen-bond donors (Lipinski definition) is 2. The number of allylic oxidation sites excluding steroid dienone is 2. The Kier molecular flexibility index (Phi) is 9.34. The smallest absolute Gasteiger partial charge is 0.339 e. The third-order valence-corrected chi connectivity index (χ3v) is 8.13. The largest absolute Gasteiger partial charge is 0.355 e. The third-order valence-electron chi connectivity index (χ3n) is 8.13. The Morgan fingerprint density at radius 1 is 0.652 bits per heavy atom. The van der Waals surface area contributed by atoms with E-state index in [9.17, 15) is 9.59 Å². The fourth-order valence-electron chi connectivity index (χ4n) is 5.67. The van der Waals surface area contributed by atoms with Gasteiger partial charge in [-0.1, -0.05) is 62.4 Å². The van der Waals surface area contributed by atoms with Crippen LogP contribution in [0.2, 0.25) is 0 Å². The number of fused-ring (bicyclic) bond motifs is 2. The molecule has 2 N–H and O–H groups in total. The zero-order chi connectivity index (χ0) is 31.9. The SMILES string of the molecule is CCc1cc(NOC(=O)/C=C/C(=O)ONc2cc(CC)nc(C3=Cc4ccccc4CC3)c2)cc(C2=Cc3ccccc3CC2)n1. The number of carbonyl (C=O) groups excluding carboxylic acids is 2. The summed E-state index contributed by atoms with van der Waals surface area (Å²) in [4.78, 5) is 44.9. The minimum atomic E-state index is -0.747. The van der Waals surface area contributed by atoms with Crippen molar-refractivity contribution in [3.63, 3.8) is 0 Å². The van der Waals surface area contributed by atoms with Crippen molar-refractivity contribution in [2.24, 2.45) is 0 Å². The Balaban J connectivity index is 1.05. The molecule has 6 rings (SSSR count). The number of pyridine rings is 2. The average molecular weight is 613 g/mol. The number of anilines is 2. The van der Waals surface area contributed by atoms with Gasteiger partial charge in [0.1, 0.15) is 0 Å². The predicted octanol–water partition coefficient (Wildman–Crippen LogP) is 7.57. The number of hydrogen-bond acceptors (Lipinski definition) is 8. The molecule has 0 fully saturated rings. The maximum Gasteiger partial charge on any atom is 0.355 e. The maximum atomic E-state index is 12.4. The summed E-state index contributed by atoms with van der Waals surface area (Å²) in [5.41, 5.74) is 17.3. The Hall–Kier alpha value is -5.50. The van der Waals surface area contributed by atoms with Gasteiger partial charge < -0.3 is 9.68 Å². The monoisotopic (exact) mass is 612 g/mol. The summed E-state index contributed by atoms with van der Waals surface area (Å²) < 4.78 is 0. The number of benzene rings is 2. The first kappa shape index (κ1) is 30.5. The molecule has 0 unspecified atom stereocenters. The summed E-state index contributed by atoms with van der Waals surface area (Å²) in [7, 11) is 0. The van der Waals surface area contributed by atoms with Gasteiger partial charge in [-0.05, 0) is 108 Å². The highest BCUT2D eigenvalue weighted by Crippen LogP contribution is 2.32. The van der Waals surface area contributed by atoms with Gasteiger partial charge in [0.05, 0.1) is 22.8 Å². The second kappa shape index (κ2) is 14.1. The minimum absolute atomic E-state index is 0.601. The molecule has 0 aliphatic heterocycles. The highest BCUT2D eigenvalue weighted by molar-refractivity contribution is 5.92. The zero-order valence-corrected chi connectivity index (χ0v) is 26.0. The van der Waals surface area contributed by atoms with Gasteiger partial charge in [-0.3, -0.25) is 9.97 Å². The Bertz CT molecular complexity index is 1740. The summed E-state index contributed by atoms with van der Waals surface area (Å²) in [5, 5.41) is 0. The van der Waals surface area contributed by atoms with Crippen molar-refractivity contribution in [1.29, 1.82) is 0 Å². The van der Waals surface area contributed by atoms with E-state index < -0.39 is 11.9 Å². The van der Waals surface area contributed by atoms with E-state index >= 15 is 0 Å². The molecule has 2 aromatic heterocycles. The van der Waals surface area contributed by atoms with Crippen LogP contribution < -0.4 is 11.0 Å². The van der Waals surface area contributed by atoms with Crippen molar-refractivity contribution < 1.29 is 19.3 Å². The van der Waals surface area contributed by atoms with Gasteiger partial charge in [0, 0.05) is 23.5 Å². The Labute approximate surface area is 268 Å². The van der Waals surface area contributed by atoms with Crippen LogP contribution in [0.3, 0.4) is 0 Å². The van der Waals surface area contributed by atoms with Crippen LogP contribution in [0.5, 0.6) is 0 Å². The second-order valence-corrected chi connectivity index (χ2v) is 11.3. The Morgan fingerprint density at radius 2 is 1.09 bits per heavy atom. The van der Waals surface area contributed by atoms with E-state index in [2.05, 4.69) is 59.5 Å². The number of nitrogens with zero attached hydrogens (tertiary/aromatic N) is 2. The molecule has 0 radical (unpaired) electrons. The first-order valence-corrected chi connectivity index (χ1v) is 15.7. The molecule has 0 saturated heterocycles. The van der Waals surface area contributed by atoms with E-state index in [0.29, 0.717) is 11.4 Å². The summed E-state index contributed by atoms with van der Waals surface area (Å²) in [6.45, 7) is 4.05. The maximum absolute atomic E-state index is 12.4. The summed E-state index contributed by atoms with van der Waals surface area (Å²) in [6, 6.07) is 24.1. The molecule has 0 amide bonds. The van der Waals surface area contributed by atoms with Crippen molar-refractivity contribution in [2.45, 2.75) is 52.4 Å². The van der Waals surface area contributed by atoms with E-state index in [-0.39, 0.29) is 0 Å². The normalized spacial score (nSPS) is 13.6. The van der Waals surface area contributed by atoms with E-state index in [1.807, 2.05) is 50.2 Å². The van der Waals surface area contributed by atoms with Gasteiger partial charge in [0.2, 0.25) is 0 Å². The second-order valence-electron chi connectivity index (χ2n) is 11.3. The molecule has 8 heteroatoms. The molecule has 0 saturated carbocycles. The van der Waals surface area contributed by atoms with Crippen LogP contribution >= 0.6 is 0 Å². The first-order chi connectivity index (χ1) is 22.5. The molecule has 0 spiro atoms. The van der Waals surface area contributed by atoms with Crippen LogP contribution in [0.25, 0.3) is 23.3 Å². The van der Waals surface area contributed by atoms with Gasteiger partial charge in [-0.15, -0.1) is 0 Å². The number of carbonyl (C=O) groups is 2. The molecule has 0 atom stereocenters. The fraction of sp³-hybridized carbons (Fsp3) is 0.211. The molecule has 0 bridgehead atoms. The molecular weight excluding hydrogens is 576 g/mol. The van der Waals surface area contributed by atoms with Crippen LogP contribution in [0.15, 0.2) is 84.9 Å². The Morgan fingerprint density at radius 3 is 1.52 bits per heavy atom. The molecule has 8 nitrogen and oxygen atoms in total. The van der Waals surface area contributed by atoms with Crippen LogP contribution in [-0.2, 0) is 44.9 Å². The quantitative estimate of drug-likeness (QED) is 0.140. The first-order valence-electron chi connectivity index (χ1n) is 15.7. The summed E-state index contributed by atoms with van der Waals surface area (Å²) >= 11 is 0. The van der Waals surface area contributed by atoms with Crippen molar-refractivity contribution in [3.8, 4) is 0 Å². The van der Waals surface area contributed by atoms with Gasteiger partial charge in [0.25, 0.3) is 0 Å². The molecule has 2 aliphatic carbocycles. The summed E-state index contributed by atoms with van der Waals surface area (Å²) in [5.74, 6) is -1.49. The number of aryl methyl sites for hydroxylation is 4. The van der Waals surface area contributed by atoms with Crippen LogP contribution in [0.4, 0.5) is 11.4 Å². The zero-order valence-electron chi connectivity index (χ0n) is 26.0. The number of aromatic nitrogens is 2. The third kappa shape index (κ3) is 7.41. The molecule has 2 aromatic carbocycles. The van der Waals surface area contributed by atoms with Crippen molar-refractivity contribution in [3.05, 3.63) is 130 Å². The van der Waals surface area contributed by atoms with Crippen molar-refractivity contribution in [2.75, 3.05) is 11.0 Å². The topological polar surface area (TPSA) is 102 Å². The highest BCUT2D eigenvalue weighted by Gasteiger charge is 2.16. The molecule has 2 aliphatic rings. The van der Waals surface area contributed by atoms with E-state index in [1.54, 1.807) is 0 Å². The van der Waals surface area contributed by atoms with Gasteiger partial charge in [-0.25, -0.2) is 20.5 Å². The standard InChI is InChI=1S/C38H36N4O4/c1-3-31-21-33(23-35(39-31)29-15-13-25-9-5-7-11-27(25)19-29)41-45-37(43)17-18-38(44)46-42-34-22-32(4-2)40-36(24-34)30-16-14-26-10-6-8-12-28(26)20-30/h5-12,17-24H,3-4,13-16H2,1-2H3,(H,39,41)(H,40,42)/b18-17+. The molecule has 46 heavy (non-hydrogen) atoms. The molecule has 4 aromatic rings. The lowest BCUT2D eigenvalue weighted by molar-refractivity contribution is -0.137.